The molecule has 0 atom stereocenters. The number of rotatable bonds is 5. The Balaban J connectivity index is 1.24. The molecule has 18 rings (SSSR count). The summed E-state index contributed by atoms with van der Waals surface area (Å²) in [6.07, 6.45) is 0. The van der Waals surface area contributed by atoms with Crippen molar-refractivity contribution >= 4 is 140 Å². The number of thiophene rings is 1. The van der Waals surface area contributed by atoms with Gasteiger partial charge in [-0.15, -0.1) is 11.3 Å². The zero-order chi connectivity index (χ0) is 75.5. The van der Waals surface area contributed by atoms with Crippen LogP contribution < -0.4 is 0 Å². The van der Waals surface area contributed by atoms with Gasteiger partial charge in [0.2, 0.25) is 0 Å². The number of hydrogen-bond donors (Lipinski definition) is 0. The predicted molar refractivity (Wildman–Crippen MR) is 347 cm³/mol. The molecule has 83 heavy (non-hydrogen) atoms. The second-order valence-corrected chi connectivity index (χ2v) is 21.0. The van der Waals surface area contributed by atoms with Crippen LogP contribution in [-0.4, -0.2) is 18.3 Å². The van der Waals surface area contributed by atoms with Gasteiger partial charge in [0.15, 0.2) is 0 Å². The number of nitrogens with zero attached hydrogens (tertiary/aromatic N) is 6. The fourth-order valence-electron chi connectivity index (χ4n) is 12.7. The summed E-state index contributed by atoms with van der Waals surface area (Å²) in [7, 11) is 0. The van der Waals surface area contributed by atoms with Gasteiger partial charge in [-0.05, 0) is 87.1 Å². The Morgan fingerprint density at radius 1 is 0.325 bits per heavy atom. The van der Waals surface area contributed by atoms with E-state index < -0.39 is 244 Å². The average molecular weight is 1100 g/mol. The van der Waals surface area contributed by atoms with Crippen molar-refractivity contribution in [2.45, 2.75) is 0 Å². The van der Waals surface area contributed by atoms with Crippen molar-refractivity contribution in [3.05, 3.63) is 265 Å². The summed E-state index contributed by atoms with van der Waals surface area (Å²) in [5, 5.41) is 29.0. The van der Waals surface area contributed by atoms with Crippen molar-refractivity contribution in [3.63, 3.8) is 0 Å². The van der Waals surface area contributed by atoms with E-state index >= 15 is 0 Å². The molecular weight excluding hydrogens is 1030 g/mol. The monoisotopic (exact) mass is 1090 g/mol. The Morgan fingerprint density at radius 3 is 1.22 bits per heavy atom. The lowest BCUT2D eigenvalue weighted by atomic mass is 9.93. The van der Waals surface area contributed by atoms with Crippen molar-refractivity contribution in [3.8, 4) is 46.0 Å². The fourth-order valence-corrected chi connectivity index (χ4v) is 13.9. The normalized spacial score (nSPS) is 16.1. The summed E-state index contributed by atoms with van der Waals surface area (Å²) in [6, 6.07) is 16.8. The van der Waals surface area contributed by atoms with Crippen molar-refractivity contribution in [1.82, 2.24) is 18.3 Å². The Kier molecular flexibility index (Phi) is 5.84. The Hall–Kier alpha value is -11.2. The number of aromatic nitrogens is 4. The van der Waals surface area contributed by atoms with E-state index in [9.17, 15) is 40.7 Å². The van der Waals surface area contributed by atoms with E-state index in [2.05, 4.69) is 12.1 Å². The zero-order valence-corrected chi connectivity index (χ0v) is 43.3. The summed E-state index contributed by atoms with van der Waals surface area (Å²) in [5.74, 6) is 0. The molecule has 0 aliphatic heterocycles. The molecule has 13 aromatic carbocycles. The SMILES string of the molecule is [2H]c1c([2H])c([2H])c2c(c1[2H])c1c([2H])c([2H])c([2H])c([2H])c1n2-c1c(C#N)c(-n2c3c([2H])c([2H])c([2H])c([2H])c3c3c([2H])c([2H])c([2H])c([2H])c32)c(-n2c3cc(-c4cc5ccccc5c5ccccc45)ccc3c3ccc4c5ccccc5sc4c32)c(C#N)c1-n1c2c([2H])c([2H])c([2H])c([2H])c2c2c([2H])c([2H])c([2H])c([2H])c21. The van der Waals surface area contributed by atoms with Crippen LogP contribution in [0.1, 0.15) is 44.0 Å². The van der Waals surface area contributed by atoms with Crippen LogP contribution in [-0.2, 0) is 0 Å². The first-order valence-electron chi connectivity index (χ1n) is 38.0. The zero-order valence-electron chi connectivity index (χ0n) is 66.5. The smallest absolute Gasteiger partial charge is 0.104 e. The van der Waals surface area contributed by atoms with Gasteiger partial charge in [0.05, 0.1) is 104 Å². The van der Waals surface area contributed by atoms with Crippen LogP contribution in [0.5, 0.6) is 0 Å². The molecule has 382 valence electrons. The van der Waals surface area contributed by atoms with Crippen LogP contribution >= 0.6 is 11.3 Å². The van der Waals surface area contributed by atoms with Crippen molar-refractivity contribution in [2.24, 2.45) is 0 Å². The van der Waals surface area contributed by atoms with Crippen molar-refractivity contribution in [2.75, 3.05) is 0 Å². The number of hydrogen-bond acceptors (Lipinski definition) is 3. The van der Waals surface area contributed by atoms with Crippen molar-refractivity contribution < 1.29 is 32.9 Å². The maximum absolute atomic E-state index is 13.4. The summed E-state index contributed by atoms with van der Waals surface area (Å²) in [5.41, 5.74) is -7.16. The quantitative estimate of drug-likeness (QED) is 0.161. The molecule has 0 bridgehead atoms. The van der Waals surface area contributed by atoms with Gasteiger partial charge in [-0.2, -0.15) is 10.5 Å². The molecule has 0 amide bonds. The molecule has 0 aliphatic carbocycles. The van der Waals surface area contributed by atoms with Crippen LogP contribution in [0.3, 0.4) is 0 Å². The molecule has 0 fully saturated rings. The molecule has 7 heteroatoms. The van der Waals surface area contributed by atoms with E-state index in [1.54, 1.807) is 4.57 Å². The third-order valence-electron chi connectivity index (χ3n) is 16.0. The third-order valence-corrected chi connectivity index (χ3v) is 17.2. The summed E-state index contributed by atoms with van der Waals surface area (Å²) >= 11 is 1.30. The molecule has 0 saturated heterocycles. The highest BCUT2D eigenvalue weighted by Crippen LogP contribution is 2.51. The van der Waals surface area contributed by atoms with E-state index in [4.69, 9.17) is 2.74 Å². The summed E-state index contributed by atoms with van der Waals surface area (Å²) < 4.78 is 236. The maximum atomic E-state index is 13.4. The summed E-state index contributed by atoms with van der Waals surface area (Å²) in [4.78, 5) is 0. The van der Waals surface area contributed by atoms with Gasteiger partial charge in [0, 0.05) is 58.6 Å². The van der Waals surface area contributed by atoms with Gasteiger partial charge >= 0.3 is 0 Å². The molecule has 0 spiro atoms. The molecular formula is C76H42N6S. The number of fused-ring (bicyclic) bond motifs is 19. The number of para-hydroxylation sites is 6. The minimum absolute atomic E-state index is 0.191. The molecule has 5 aromatic heterocycles. The van der Waals surface area contributed by atoms with E-state index in [1.165, 1.54) is 11.3 Å². The Bertz CT molecular complexity index is 7250. The van der Waals surface area contributed by atoms with Gasteiger partial charge in [0.1, 0.15) is 23.3 Å². The molecule has 0 N–H and O–H groups in total. The van der Waals surface area contributed by atoms with E-state index in [-0.39, 0.29) is 11.0 Å². The standard InChI is InChI=1S/C76H42N6S/c77-43-61-71(79-63-30-12-5-23-50(63)51-24-6-13-31-64(51)79)72(80-65-32-14-7-25-52(65)53-26-8-15-33-66(53)80)62(44-78)74(73(61)81-67-34-16-9-27-54(67)55-28-10-17-35-68(55)81)82-69-42-46(60-41-45-19-1-2-20-47(45)48-21-3-4-22-49(48)60)37-38-56(69)58-39-40-59-57-29-11-18-36-70(57)83-76(59)75(58)82/h1-42H/i5D,6D,7D,8D,9D,10D,12D,13D,14D,15D,16D,17D,23D,24D,25D,26D,27D,28D,30D,31D,32D,33D,34D,35D. The Morgan fingerprint density at radius 2 is 0.723 bits per heavy atom. The van der Waals surface area contributed by atoms with E-state index in [0.717, 1.165) is 45.3 Å². The predicted octanol–water partition coefficient (Wildman–Crippen LogP) is 20.2. The fraction of sp³-hybridized carbons (Fsp3) is 0. The second kappa shape index (κ2) is 17.1. The van der Waals surface area contributed by atoms with Gasteiger partial charge < -0.3 is 18.3 Å². The second-order valence-electron chi connectivity index (χ2n) is 19.9. The highest BCUT2D eigenvalue weighted by molar-refractivity contribution is 7.26. The molecule has 6 nitrogen and oxygen atoms in total. The number of benzene rings is 13. The first-order valence-corrected chi connectivity index (χ1v) is 26.8. The minimum Gasteiger partial charge on any atom is -0.306 e. The largest absolute Gasteiger partial charge is 0.306 e. The minimum atomic E-state index is -0.985. The van der Waals surface area contributed by atoms with Gasteiger partial charge in [-0.1, -0.05) is 200 Å². The highest BCUT2D eigenvalue weighted by Gasteiger charge is 2.35. The maximum Gasteiger partial charge on any atom is 0.104 e. The first-order chi connectivity index (χ1) is 51.1. The van der Waals surface area contributed by atoms with Gasteiger partial charge in [-0.3, -0.25) is 0 Å². The molecule has 0 unspecified atom stereocenters. The first kappa shape index (κ1) is 28.3. The van der Waals surface area contributed by atoms with Crippen molar-refractivity contribution in [1.29, 1.82) is 10.5 Å². The van der Waals surface area contributed by atoms with Crippen LogP contribution in [0.2, 0.25) is 0 Å². The highest BCUT2D eigenvalue weighted by atomic mass is 32.1. The van der Waals surface area contributed by atoms with Gasteiger partial charge in [0.25, 0.3) is 0 Å². The molecule has 0 aliphatic rings. The lowest BCUT2D eigenvalue weighted by molar-refractivity contribution is 1.03. The molecule has 5 heterocycles. The number of nitriles is 2. The summed E-state index contributed by atoms with van der Waals surface area (Å²) in [6.45, 7) is 0. The molecule has 0 radical (unpaired) electrons. The van der Waals surface area contributed by atoms with Crippen LogP contribution in [0.15, 0.2) is 254 Å². The lowest BCUT2D eigenvalue weighted by Crippen LogP contribution is -2.16. The Labute approximate surface area is 511 Å². The van der Waals surface area contributed by atoms with E-state index in [1.807, 2.05) is 109 Å². The van der Waals surface area contributed by atoms with Crippen LogP contribution in [0.4, 0.5) is 0 Å². The van der Waals surface area contributed by atoms with E-state index in [0.29, 0.717) is 32.0 Å². The third kappa shape index (κ3) is 6.13. The van der Waals surface area contributed by atoms with Crippen LogP contribution in [0, 0.1) is 22.7 Å². The average Bonchev–Trinajstić information content (AvgIpc) is 1.52. The molecule has 0 saturated carbocycles. The molecule has 18 aromatic rings. The lowest BCUT2D eigenvalue weighted by Gasteiger charge is -2.27. The topological polar surface area (TPSA) is 67.3 Å². The van der Waals surface area contributed by atoms with Gasteiger partial charge in [-0.25, -0.2) is 0 Å². The van der Waals surface area contributed by atoms with Crippen LogP contribution in [0.25, 0.3) is 163 Å².